The maximum absolute atomic E-state index is 11.3. The number of halogens is 1. The van der Waals surface area contributed by atoms with Crippen molar-refractivity contribution in [2.45, 2.75) is 33.1 Å². The van der Waals surface area contributed by atoms with Gasteiger partial charge < -0.3 is 9.47 Å². The Hall–Kier alpha value is -1.18. The van der Waals surface area contributed by atoms with Gasteiger partial charge in [0.2, 0.25) is 0 Å². The van der Waals surface area contributed by atoms with Gasteiger partial charge in [-0.2, -0.15) is 4.83 Å². The number of aryl methyl sites for hydroxylation is 1. The van der Waals surface area contributed by atoms with Crippen LogP contribution in [0, 0.1) is 0 Å². The second-order valence-electron chi connectivity index (χ2n) is 4.93. The number of rotatable bonds is 8. The van der Waals surface area contributed by atoms with Crippen LogP contribution < -0.4 is 9.57 Å². The lowest BCUT2D eigenvalue weighted by Gasteiger charge is -2.11. The fourth-order valence-corrected chi connectivity index (χ4v) is 3.47. The van der Waals surface area contributed by atoms with Gasteiger partial charge in [-0.15, -0.1) is 0 Å². The molecule has 5 nitrogen and oxygen atoms in total. The quantitative estimate of drug-likeness (QED) is 0.307. The van der Waals surface area contributed by atoms with Gasteiger partial charge in [0.25, 0.3) is 0 Å². The Balaban J connectivity index is 1.91. The number of hydrazine groups is 1. The van der Waals surface area contributed by atoms with Crippen molar-refractivity contribution >= 4 is 39.0 Å². The minimum absolute atomic E-state index is 0.169. The van der Waals surface area contributed by atoms with Gasteiger partial charge in [-0.05, 0) is 61.0 Å². The third-order valence-corrected chi connectivity index (χ3v) is 4.75. The van der Waals surface area contributed by atoms with Gasteiger partial charge in [0.05, 0.1) is 34.3 Å². The average molecular weight is 401 g/mol. The third kappa shape index (κ3) is 5.44. The van der Waals surface area contributed by atoms with E-state index in [9.17, 15) is 4.79 Å². The van der Waals surface area contributed by atoms with E-state index >= 15 is 0 Å². The van der Waals surface area contributed by atoms with Crippen molar-refractivity contribution in [2.75, 3.05) is 13.2 Å². The molecule has 0 amide bonds. The van der Waals surface area contributed by atoms with Gasteiger partial charge in [0.1, 0.15) is 5.75 Å². The van der Waals surface area contributed by atoms with Crippen molar-refractivity contribution in [3.8, 4) is 5.75 Å². The zero-order chi connectivity index (χ0) is 16.7. The van der Waals surface area contributed by atoms with Crippen molar-refractivity contribution in [3.05, 3.63) is 35.5 Å². The molecule has 0 aromatic heterocycles. The number of benzene rings is 1. The fourth-order valence-electron chi connectivity index (χ4n) is 2.21. The number of hydrogen-bond acceptors (Lipinski definition) is 6. The van der Waals surface area contributed by atoms with E-state index in [4.69, 9.17) is 9.47 Å². The number of ether oxygens (including phenoxy) is 2. The summed E-state index contributed by atoms with van der Waals surface area (Å²) in [6.45, 7) is 4.87. The number of esters is 1. The zero-order valence-electron chi connectivity index (χ0n) is 13.3. The van der Waals surface area contributed by atoms with E-state index in [0.29, 0.717) is 26.1 Å². The Labute approximate surface area is 149 Å². The topological polar surface area (TPSA) is 50.8 Å². The monoisotopic (exact) mass is 400 g/mol. The predicted octanol–water partition coefficient (Wildman–Crippen LogP) is 4.05. The average Bonchev–Trinajstić information content (AvgIpc) is 2.98. The first kappa shape index (κ1) is 18.2. The standard InChI is InChI=1S/C16H21BrN2O3S/c1-3-12-10-13(22-9-5-6-16(20)21-4-2)7-8-14(12)15-11-19(17)18-23-15/h7-8,10-11,18H,3-6,9H2,1-2H3. The van der Waals surface area contributed by atoms with Gasteiger partial charge >= 0.3 is 5.97 Å². The summed E-state index contributed by atoms with van der Waals surface area (Å²) in [6.07, 6.45) is 3.98. The molecule has 1 N–H and O–H groups in total. The van der Waals surface area contributed by atoms with Crippen LogP contribution in [0.5, 0.6) is 5.75 Å². The van der Waals surface area contributed by atoms with Crippen LogP contribution in [0.25, 0.3) is 4.91 Å². The maximum atomic E-state index is 11.3. The van der Waals surface area contributed by atoms with Crippen LogP contribution in [0.4, 0.5) is 0 Å². The molecule has 0 radical (unpaired) electrons. The van der Waals surface area contributed by atoms with Crippen molar-refractivity contribution in [1.82, 2.24) is 8.87 Å². The number of carbonyl (C=O) groups excluding carboxylic acids is 1. The van der Waals surface area contributed by atoms with Gasteiger partial charge in [-0.1, -0.05) is 6.92 Å². The highest BCUT2D eigenvalue weighted by atomic mass is 79.9. The highest BCUT2D eigenvalue weighted by Crippen LogP contribution is 2.35. The van der Waals surface area contributed by atoms with Crippen molar-refractivity contribution in [1.29, 1.82) is 0 Å². The molecule has 23 heavy (non-hydrogen) atoms. The van der Waals surface area contributed by atoms with Crippen molar-refractivity contribution in [3.63, 3.8) is 0 Å². The first-order valence-electron chi connectivity index (χ1n) is 7.65. The van der Waals surface area contributed by atoms with Crippen molar-refractivity contribution < 1.29 is 14.3 Å². The zero-order valence-corrected chi connectivity index (χ0v) is 15.7. The smallest absolute Gasteiger partial charge is 0.305 e. The van der Waals surface area contributed by atoms with Gasteiger partial charge in [-0.3, -0.25) is 4.79 Å². The molecule has 0 unspecified atom stereocenters. The molecule has 0 bridgehead atoms. The largest absolute Gasteiger partial charge is 0.494 e. The Bertz CT molecular complexity index is 580. The molecule has 7 heteroatoms. The lowest BCUT2D eigenvalue weighted by Crippen LogP contribution is -2.09. The number of hydrogen-bond donors (Lipinski definition) is 1. The normalized spacial score (nSPS) is 13.9. The molecule has 1 aliphatic rings. The van der Waals surface area contributed by atoms with Crippen LogP contribution in [0.1, 0.15) is 37.8 Å². The SMILES string of the molecule is CCOC(=O)CCCOc1ccc(C2=CN(Br)NS2)c(CC)c1. The molecular weight excluding hydrogens is 380 g/mol. The molecule has 1 aromatic rings. The minimum atomic E-state index is -0.169. The molecule has 2 rings (SSSR count). The van der Waals surface area contributed by atoms with Crippen LogP contribution >= 0.6 is 28.1 Å². The summed E-state index contributed by atoms with van der Waals surface area (Å²) >= 11 is 4.93. The van der Waals surface area contributed by atoms with Gasteiger partial charge in [-0.25, -0.2) is 4.03 Å². The number of nitrogens with one attached hydrogen (secondary N) is 1. The van der Waals surface area contributed by atoms with Gasteiger partial charge in [0.15, 0.2) is 0 Å². The summed E-state index contributed by atoms with van der Waals surface area (Å²) in [5, 5.41) is 0. The van der Waals surface area contributed by atoms with E-state index in [1.54, 1.807) is 16.0 Å². The van der Waals surface area contributed by atoms with Crippen LogP contribution in [0.3, 0.4) is 0 Å². The van der Waals surface area contributed by atoms with E-state index < -0.39 is 0 Å². The Morgan fingerprint density at radius 1 is 1.39 bits per heavy atom. The molecule has 0 aliphatic carbocycles. The third-order valence-electron chi connectivity index (χ3n) is 3.30. The Kier molecular flexibility index (Phi) is 7.26. The highest BCUT2D eigenvalue weighted by molar-refractivity contribution is 9.07. The highest BCUT2D eigenvalue weighted by Gasteiger charge is 2.15. The van der Waals surface area contributed by atoms with Crippen molar-refractivity contribution in [2.24, 2.45) is 0 Å². The molecule has 0 saturated heterocycles. The molecule has 1 heterocycles. The lowest BCUT2D eigenvalue weighted by atomic mass is 10.0. The Morgan fingerprint density at radius 2 is 2.22 bits per heavy atom. The lowest BCUT2D eigenvalue weighted by molar-refractivity contribution is -0.143. The molecule has 126 valence electrons. The van der Waals surface area contributed by atoms with E-state index in [1.165, 1.54) is 11.1 Å². The van der Waals surface area contributed by atoms with Crippen LogP contribution in [0.2, 0.25) is 0 Å². The summed E-state index contributed by atoms with van der Waals surface area (Å²) in [7, 11) is 0. The summed E-state index contributed by atoms with van der Waals surface area (Å²) in [6, 6.07) is 6.11. The van der Waals surface area contributed by atoms with Crippen LogP contribution in [0.15, 0.2) is 24.4 Å². The first-order valence-corrected chi connectivity index (χ1v) is 9.17. The predicted molar refractivity (Wildman–Crippen MR) is 96.7 cm³/mol. The van der Waals surface area contributed by atoms with E-state index in [0.717, 1.165) is 17.1 Å². The number of carbonyl (C=O) groups is 1. The summed E-state index contributed by atoms with van der Waals surface area (Å²) in [5.41, 5.74) is 2.43. The van der Waals surface area contributed by atoms with E-state index in [-0.39, 0.29) is 5.97 Å². The maximum Gasteiger partial charge on any atom is 0.305 e. The van der Waals surface area contributed by atoms with E-state index in [2.05, 4.69) is 40.0 Å². The number of nitrogens with zero attached hydrogens (tertiary/aromatic N) is 1. The van der Waals surface area contributed by atoms with E-state index in [1.807, 2.05) is 19.2 Å². The summed E-state index contributed by atoms with van der Waals surface area (Å²) in [4.78, 5) is 15.5. The molecule has 0 spiro atoms. The molecular formula is C16H21BrN2O3S. The molecule has 1 aromatic carbocycles. The van der Waals surface area contributed by atoms with Gasteiger partial charge in [0, 0.05) is 12.6 Å². The second kappa shape index (κ2) is 9.20. The molecule has 1 aliphatic heterocycles. The molecule has 0 atom stereocenters. The summed E-state index contributed by atoms with van der Waals surface area (Å²) in [5.74, 6) is 0.666. The first-order chi connectivity index (χ1) is 11.1. The second-order valence-corrected chi connectivity index (χ2v) is 6.52. The van der Waals surface area contributed by atoms with Crippen LogP contribution in [-0.2, 0) is 16.0 Å². The molecule has 0 fully saturated rings. The molecule has 0 saturated carbocycles. The minimum Gasteiger partial charge on any atom is -0.494 e. The Morgan fingerprint density at radius 3 is 2.87 bits per heavy atom. The van der Waals surface area contributed by atoms with Crippen LogP contribution in [-0.4, -0.2) is 23.2 Å². The fraction of sp³-hybridized carbons (Fsp3) is 0.438. The summed E-state index contributed by atoms with van der Waals surface area (Å²) < 4.78 is 12.4.